The van der Waals surface area contributed by atoms with Crippen molar-refractivity contribution in [2.24, 2.45) is 0 Å². The van der Waals surface area contributed by atoms with Gasteiger partial charge >= 0.3 is 11.6 Å². The van der Waals surface area contributed by atoms with Crippen molar-refractivity contribution in [2.45, 2.75) is 26.2 Å². The summed E-state index contributed by atoms with van der Waals surface area (Å²) in [5.74, 6) is -2.21. The molecule has 1 aliphatic rings. The Labute approximate surface area is 170 Å². The van der Waals surface area contributed by atoms with E-state index in [2.05, 4.69) is 0 Å². The molecule has 8 heteroatoms. The molecule has 30 heavy (non-hydrogen) atoms. The third-order valence-electron chi connectivity index (χ3n) is 5.24. The zero-order chi connectivity index (χ0) is 21.7. The smallest absolute Gasteiger partial charge is 0.336 e. The molecule has 0 spiro atoms. The maximum Gasteiger partial charge on any atom is 0.336 e. The van der Waals surface area contributed by atoms with Crippen LogP contribution in [0.5, 0.6) is 23.0 Å². The Morgan fingerprint density at radius 2 is 1.93 bits per heavy atom. The molecule has 0 saturated heterocycles. The summed E-state index contributed by atoms with van der Waals surface area (Å²) < 4.78 is 16.0. The van der Waals surface area contributed by atoms with E-state index in [0.29, 0.717) is 16.7 Å². The van der Waals surface area contributed by atoms with E-state index in [1.807, 2.05) is 0 Å². The topological polar surface area (TPSA) is 123 Å². The third-order valence-corrected chi connectivity index (χ3v) is 5.24. The fourth-order valence-corrected chi connectivity index (χ4v) is 3.93. The molecule has 0 unspecified atom stereocenters. The number of phenols is 2. The van der Waals surface area contributed by atoms with Gasteiger partial charge in [-0.25, -0.2) is 4.79 Å². The van der Waals surface area contributed by atoms with Crippen molar-refractivity contribution >= 4 is 22.7 Å². The lowest BCUT2D eigenvalue weighted by atomic mass is 9.82. The minimum absolute atomic E-state index is 0.0436. The fourth-order valence-electron chi connectivity index (χ4n) is 3.93. The molecule has 0 bridgehead atoms. The van der Waals surface area contributed by atoms with Crippen molar-refractivity contribution in [1.29, 1.82) is 0 Å². The number of esters is 1. The minimum atomic E-state index is -0.665. The molecule has 0 aliphatic carbocycles. The minimum Gasteiger partial charge on any atom is -0.506 e. The number of benzene rings is 2. The molecule has 0 amide bonds. The summed E-state index contributed by atoms with van der Waals surface area (Å²) in [4.78, 5) is 36.9. The van der Waals surface area contributed by atoms with Crippen molar-refractivity contribution in [3.63, 3.8) is 0 Å². The van der Waals surface area contributed by atoms with E-state index in [0.717, 1.165) is 0 Å². The zero-order valence-electron chi connectivity index (χ0n) is 16.4. The predicted molar refractivity (Wildman–Crippen MR) is 106 cm³/mol. The van der Waals surface area contributed by atoms with Crippen molar-refractivity contribution in [1.82, 2.24) is 0 Å². The van der Waals surface area contributed by atoms with Gasteiger partial charge in [-0.1, -0.05) is 6.07 Å². The van der Waals surface area contributed by atoms with E-state index in [4.69, 9.17) is 13.9 Å². The number of hydrogen-bond acceptors (Lipinski definition) is 8. The van der Waals surface area contributed by atoms with Crippen LogP contribution >= 0.6 is 0 Å². The molecule has 8 nitrogen and oxygen atoms in total. The van der Waals surface area contributed by atoms with Gasteiger partial charge in [0.15, 0.2) is 23.0 Å². The molecule has 1 atom stereocenters. The second-order valence-corrected chi connectivity index (χ2v) is 7.14. The molecule has 0 fully saturated rings. The highest BCUT2D eigenvalue weighted by Crippen LogP contribution is 2.50. The molecule has 2 aromatic carbocycles. The van der Waals surface area contributed by atoms with Crippen LogP contribution in [-0.2, 0) is 4.79 Å². The standard InChI is InChI=1S/C22H18O8/c1-9-6-15(25)29-21-17(9)20(27)18(10(2)23)22-19(21)12(8-16(26)30-22)11-4-5-13(24)14(7-11)28-3/h4-7,12,24,27H,8H2,1-3H3/t12-/m1/s1. The number of ether oxygens (including phenoxy) is 2. The first kappa shape index (κ1) is 19.5. The van der Waals surface area contributed by atoms with Gasteiger partial charge in [-0.3, -0.25) is 9.59 Å². The van der Waals surface area contributed by atoms with Crippen LogP contribution in [0, 0.1) is 6.92 Å². The molecule has 4 rings (SSSR count). The van der Waals surface area contributed by atoms with E-state index in [9.17, 15) is 24.6 Å². The van der Waals surface area contributed by atoms with Crippen LogP contribution in [0.25, 0.3) is 11.0 Å². The molecule has 1 aliphatic heterocycles. The van der Waals surface area contributed by atoms with Gasteiger partial charge in [0.05, 0.1) is 18.9 Å². The SMILES string of the molecule is COc1cc([C@H]2CC(=O)Oc3c(C(C)=O)c(O)c4c(C)cc(=O)oc4c32)ccc1O. The Kier molecular flexibility index (Phi) is 4.49. The Morgan fingerprint density at radius 1 is 1.20 bits per heavy atom. The number of rotatable bonds is 3. The number of carbonyl (C=O) groups is 2. The van der Waals surface area contributed by atoms with E-state index in [1.165, 1.54) is 26.2 Å². The molecule has 0 saturated carbocycles. The normalized spacial score (nSPS) is 15.6. The average Bonchev–Trinajstić information content (AvgIpc) is 2.66. The lowest BCUT2D eigenvalue weighted by Gasteiger charge is -2.28. The largest absolute Gasteiger partial charge is 0.506 e. The highest BCUT2D eigenvalue weighted by atomic mass is 16.5. The van der Waals surface area contributed by atoms with Gasteiger partial charge in [-0.15, -0.1) is 0 Å². The maximum absolute atomic E-state index is 12.4. The van der Waals surface area contributed by atoms with Crippen LogP contribution in [0.4, 0.5) is 0 Å². The lowest BCUT2D eigenvalue weighted by Crippen LogP contribution is -2.23. The van der Waals surface area contributed by atoms with E-state index in [1.54, 1.807) is 19.1 Å². The predicted octanol–water partition coefficient (Wildman–Crippen LogP) is 3.16. The Hall–Kier alpha value is -3.81. The van der Waals surface area contributed by atoms with Gasteiger partial charge in [-0.2, -0.15) is 0 Å². The molecule has 3 aromatic rings. The van der Waals surface area contributed by atoms with Crippen LogP contribution < -0.4 is 15.1 Å². The van der Waals surface area contributed by atoms with E-state index < -0.39 is 29.0 Å². The highest BCUT2D eigenvalue weighted by molar-refractivity contribution is 6.09. The lowest BCUT2D eigenvalue weighted by molar-refractivity contribution is -0.135. The average molecular weight is 410 g/mol. The molecule has 2 heterocycles. The monoisotopic (exact) mass is 410 g/mol. The summed E-state index contributed by atoms with van der Waals surface area (Å²) in [7, 11) is 1.39. The third kappa shape index (κ3) is 2.88. The molecule has 1 aromatic heterocycles. The Bertz CT molecular complexity index is 1280. The second kappa shape index (κ2) is 6.91. The quantitative estimate of drug-likeness (QED) is 0.292. The van der Waals surface area contributed by atoms with E-state index >= 15 is 0 Å². The van der Waals surface area contributed by atoms with Crippen LogP contribution in [0.1, 0.15) is 46.3 Å². The van der Waals surface area contributed by atoms with E-state index in [-0.39, 0.29) is 40.2 Å². The number of phenolic OH excluding ortho intramolecular Hbond substituents is 2. The number of hydrogen-bond donors (Lipinski definition) is 2. The van der Waals surface area contributed by atoms with Crippen molar-refractivity contribution in [2.75, 3.05) is 7.11 Å². The summed E-state index contributed by atoms with van der Waals surface area (Å²) in [5.41, 5.74) is 0.550. The number of aromatic hydroxyl groups is 2. The molecule has 2 N–H and O–H groups in total. The summed E-state index contributed by atoms with van der Waals surface area (Å²) in [5, 5.41) is 20.9. The van der Waals surface area contributed by atoms with Gasteiger partial charge in [0.25, 0.3) is 0 Å². The Morgan fingerprint density at radius 3 is 2.60 bits per heavy atom. The molecular formula is C22H18O8. The molecule has 0 radical (unpaired) electrons. The molecular weight excluding hydrogens is 392 g/mol. The van der Waals surface area contributed by atoms with Crippen molar-refractivity contribution < 1.29 is 33.7 Å². The first-order valence-electron chi connectivity index (χ1n) is 9.14. The van der Waals surface area contributed by atoms with Crippen LogP contribution in [0.2, 0.25) is 0 Å². The summed E-state index contributed by atoms with van der Waals surface area (Å²) in [6.45, 7) is 2.86. The van der Waals surface area contributed by atoms with Gasteiger partial charge in [0, 0.05) is 17.5 Å². The van der Waals surface area contributed by atoms with Crippen molar-refractivity contribution in [3.05, 3.63) is 56.9 Å². The first-order chi connectivity index (χ1) is 14.2. The van der Waals surface area contributed by atoms with Gasteiger partial charge in [0.2, 0.25) is 0 Å². The summed E-state index contributed by atoms with van der Waals surface area (Å²) in [6, 6.07) is 5.79. The van der Waals surface area contributed by atoms with Gasteiger partial charge in [-0.05, 0) is 37.1 Å². The summed E-state index contributed by atoms with van der Waals surface area (Å²) in [6.07, 6.45) is -0.101. The number of methoxy groups -OCH3 is 1. The van der Waals surface area contributed by atoms with Crippen LogP contribution in [-0.4, -0.2) is 29.1 Å². The van der Waals surface area contributed by atoms with Crippen LogP contribution in [0.3, 0.4) is 0 Å². The number of Topliss-reactive ketones (excluding diaryl/α,β-unsaturated/α-hetero) is 1. The van der Waals surface area contributed by atoms with Crippen LogP contribution in [0.15, 0.2) is 33.5 Å². The number of carbonyl (C=O) groups excluding carboxylic acids is 2. The first-order valence-corrected chi connectivity index (χ1v) is 9.14. The fraction of sp³-hybridized carbons (Fsp3) is 0.227. The number of aryl methyl sites for hydroxylation is 1. The zero-order valence-corrected chi connectivity index (χ0v) is 16.4. The van der Waals surface area contributed by atoms with Crippen molar-refractivity contribution in [3.8, 4) is 23.0 Å². The van der Waals surface area contributed by atoms with Gasteiger partial charge < -0.3 is 24.1 Å². The molecule has 154 valence electrons. The highest BCUT2D eigenvalue weighted by Gasteiger charge is 2.37. The second-order valence-electron chi connectivity index (χ2n) is 7.14. The number of ketones is 1. The van der Waals surface area contributed by atoms with Gasteiger partial charge in [0.1, 0.15) is 16.9 Å². The maximum atomic E-state index is 12.4. The number of fused-ring (bicyclic) bond motifs is 3. The summed E-state index contributed by atoms with van der Waals surface area (Å²) >= 11 is 0. The Balaban J connectivity index is 2.15.